The Kier molecular flexibility index (Phi) is 4.40. The highest BCUT2D eigenvalue weighted by Crippen LogP contribution is 2.27. The Balaban J connectivity index is 2.15. The third-order valence-corrected chi connectivity index (χ3v) is 3.52. The van der Waals surface area contributed by atoms with Crippen molar-refractivity contribution in [2.24, 2.45) is 0 Å². The molecule has 0 aliphatic heterocycles. The molecular formula is C17H20FNO. The van der Waals surface area contributed by atoms with Gasteiger partial charge in [-0.1, -0.05) is 30.3 Å². The highest BCUT2D eigenvalue weighted by molar-refractivity contribution is 5.38. The van der Waals surface area contributed by atoms with Crippen molar-refractivity contribution in [1.29, 1.82) is 0 Å². The van der Waals surface area contributed by atoms with E-state index in [0.29, 0.717) is 5.56 Å². The van der Waals surface area contributed by atoms with Gasteiger partial charge in [0.1, 0.15) is 11.6 Å². The van der Waals surface area contributed by atoms with Crippen LogP contribution in [0.15, 0.2) is 42.5 Å². The summed E-state index contributed by atoms with van der Waals surface area (Å²) in [6.07, 6.45) is 0. The third-order valence-electron chi connectivity index (χ3n) is 3.52. The molecule has 0 radical (unpaired) electrons. The predicted octanol–water partition coefficient (Wildman–Crippen LogP) is 4.25. The molecule has 0 saturated heterocycles. The second-order valence-electron chi connectivity index (χ2n) is 5.19. The lowest BCUT2D eigenvalue weighted by Gasteiger charge is -2.22. The number of phenols is 1. The number of phenolic OH excluding ortho intramolecular Hbond substituents is 1. The maximum atomic E-state index is 13.7. The van der Waals surface area contributed by atoms with E-state index in [1.54, 1.807) is 18.2 Å². The minimum Gasteiger partial charge on any atom is -0.508 e. The van der Waals surface area contributed by atoms with Gasteiger partial charge in [-0.25, -0.2) is 4.39 Å². The van der Waals surface area contributed by atoms with E-state index >= 15 is 0 Å². The highest BCUT2D eigenvalue weighted by Gasteiger charge is 2.16. The standard InChI is InChI=1S/C17H20FNO/c1-11-8-9-15(17(20)10-11)13(3)19-12(2)14-6-4-5-7-16(14)18/h4-10,12-13,19-20H,1-3H3. The fourth-order valence-electron chi connectivity index (χ4n) is 2.40. The van der Waals surface area contributed by atoms with Crippen LogP contribution in [-0.4, -0.2) is 5.11 Å². The number of rotatable bonds is 4. The first kappa shape index (κ1) is 14.5. The first-order chi connectivity index (χ1) is 9.49. The topological polar surface area (TPSA) is 32.3 Å². The van der Waals surface area contributed by atoms with Crippen LogP contribution >= 0.6 is 0 Å². The van der Waals surface area contributed by atoms with Gasteiger partial charge < -0.3 is 10.4 Å². The summed E-state index contributed by atoms with van der Waals surface area (Å²) in [7, 11) is 0. The molecule has 0 bridgehead atoms. The zero-order valence-corrected chi connectivity index (χ0v) is 12.0. The van der Waals surface area contributed by atoms with Crippen LogP contribution in [-0.2, 0) is 0 Å². The van der Waals surface area contributed by atoms with E-state index in [4.69, 9.17) is 0 Å². The molecule has 2 atom stereocenters. The lowest BCUT2D eigenvalue weighted by Crippen LogP contribution is -2.23. The normalized spacial score (nSPS) is 14.0. The van der Waals surface area contributed by atoms with E-state index in [0.717, 1.165) is 11.1 Å². The van der Waals surface area contributed by atoms with Crippen molar-refractivity contribution in [3.8, 4) is 5.75 Å². The van der Waals surface area contributed by atoms with E-state index in [-0.39, 0.29) is 23.7 Å². The fourth-order valence-corrected chi connectivity index (χ4v) is 2.40. The fraction of sp³-hybridized carbons (Fsp3) is 0.294. The van der Waals surface area contributed by atoms with Crippen LogP contribution in [0, 0.1) is 12.7 Å². The summed E-state index contributed by atoms with van der Waals surface area (Å²) in [6, 6.07) is 12.1. The average Bonchev–Trinajstić information content (AvgIpc) is 2.38. The van der Waals surface area contributed by atoms with Gasteiger partial charge in [0.25, 0.3) is 0 Å². The molecule has 106 valence electrons. The molecule has 20 heavy (non-hydrogen) atoms. The smallest absolute Gasteiger partial charge is 0.127 e. The van der Waals surface area contributed by atoms with Crippen molar-refractivity contribution >= 4 is 0 Å². The van der Waals surface area contributed by atoms with Gasteiger partial charge in [-0.2, -0.15) is 0 Å². The summed E-state index contributed by atoms with van der Waals surface area (Å²) in [5.74, 6) is 0.0542. The van der Waals surface area contributed by atoms with Crippen molar-refractivity contribution in [3.05, 3.63) is 65.0 Å². The number of halogens is 1. The van der Waals surface area contributed by atoms with E-state index < -0.39 is 0 Å². The van der Waals surface area contributed by atoms with Crippen LogP contribution in [0.4, 0.5) is 4.39 Å². The first-order valence-corrected chi connectivity index (χ1v) is 6.79. The Morgan fingerprint density at radius 3 is 2.30 bits per heavy atom. The van der Waals surface area contributed by atoms with Gasteiger partial charge in [-0.15, -0.1) is 0 Å². The average molecular weight is 273 g/mol. The molecule has 2 unspecified atom stereocenters. The molecule has 3 heteroatoms. The molecule has 0 aromatic heterocycles. The number of hydrogen-bond donors (Lipinski definition) is 2. The van der Waals surface area contributed by atoms with Gasteiger partial charge in [0.15, 0.2) is 0 Å². The van der Waals surface area contributed by atoms with Crippen molar-refractivity contribution in [2.75, 3.05) is 0 Å². The monoisotopic (exact) mass is 273 g/mol. The van der Waals surface area contributed by atoms with Crippen molar-refractivity contribution in [1.82, 2.24) is 5.32 Å². The summed E-state index contributed by atoms with van der Waals surface area (Å²) in [4.78, 5) is 0. The van der Waals surface area contributed by atoms with Crippen LogP contribution in [0.3, 0.4) is 0 Å². The predicted molar refractivity (Wildman–Crippen MR) is 79.2 cm³/mol. The number of aryl methyl sites for hydroxylation is 1. The SMILES string of the molecule is Cc1ccc(C(C)NC(C)c2ccccc2F)c(O)c1. The minimum absolute atomic E-state index is 0.0646. The van der Waals surface area contributed by atoms with Crippen molar-refractivity contribution in [3.63, 3.8) is 0 Å². The Labute approximate surface area is 119 Å². The summed E-state index contributed by atoms with van der Waals surface area (Å²) in [6.45, 7) is 5.81. The molecule has 2 nitrogen and oxygen atoms in total. The van der Waals surface area contributed by atoms with E-state index in [9.17, 15) is 9.50 Å². The molecule has 0 spiro atoms. The van der Waals surface area contributed by atoms with Gasteiger partial charge >= 0.3 is 0 Å². The number of benzene rings is 2. The van der Waals surface area contributed by atoms with Crippen molar-refractivity contribution < 1.29 is 9.50 Å². The lowest BCUT2D eigenvalue weighted by molar-refractivity contribution is 0.433. The number of aromatic hydroxyl groups is 1. The molecule has 0 aliphatic carbocycles. The molecule has 2 N–H and O–H groups in total. The minimum atomic E-state index is -0.215. The third kappa shape index (κ3) is 3.17. The summed E-state index contributed by atoms with van der Waals surface area (Å²) >= 11 is 0. The molecule has 2 aromatic rings. The van der Waals surface area contributed by atoms with E-state index in [1.807, 2.05) is 39.0 Å². The molecular weight excluding hydrogens is 253 g/mol. The highest BCUT2D eigenvalue weighted by atomic mass is 19.1. The summed E-state index contributed by atoms with van der Waals surface area (Å²) in [5.41, 5.74) is 2.46. The van der Waals surface area contributed by atoms with E-state index in [2.05, 4.69) is 5.32 Å². The maximum Gasteiger partial charge on any atom is 0.127 e. The van der Waals surface area contributed by atoms with Crippen LogP contribution < -0.4 is 5.32 Å². The Bertz CT molecular complexity index is 597. The van der Waals surface area contributed by atoms with Crippen LogP contribution in [0.1, 0.15) is 42.6 Å². The zero-order valence-electron chi connectivity index (χ0n) is 12.0. The number of nitrogens with one attached hydrogen (secondary N) is 1. The zero-order chi connectivity index (χ0) is 14.7. The van der Waals surface area contributed by atoms with Gasteiger partial charge in [0.05, 0.1) is 0 Å². The quantitative estimate of drug-likeness (QED) is 0.872. The Hall–Kier alpha value is -1.87. The molecule has 2 rings (SSSR count). The largest absolute Gasteiger partial charge is 0.508 e. The molecule has 0 amide bonds. The number of hydrogen-bond acceptors (Lipinski definition) is 2. The van der Waals surface area contributed by atoms with Crippen LogP contribution in [0.25, 0.3) is 0 Å². The molecule has 0 saturated carbocycles. The molecule has 2 aromatic carbocycles. The van der Waals surface area contributed by atoms with Gasteiger partial charge in [0.2, 0.25) is 0 Å². The summed E-state index contributed by atoms with van der Waals surface area (Å²) in [5, 5.41) is 13.3. The van der Waals surface area contributed by atoms with Crippen molar-refractivity contribution in [2.45, 2.75) is 32.9 Å². The van der Waals surface area contributed by atoms with Gasteiger partial charge in [-0.3, -0.25) is 0 Å². The molecule has 0 heterocycles. The van der Waals surface area contributed by atoms with Gasteiger partial charge in [0, 0.05) is 23.2 Å². The second-order valence-corrected chi connectivity index (χ2v) is 5.19. The summed E-state index contributed by atoms with van der Waals surface area (Å²) < 4.78 is 13.7. The van der Waals surface area contributed by atoms with E-state index in [1.165, 1.54) is 6.07 Å². The Morgan fingerprint density at radius 1 is 1.00 bits per heavy atom. The molecule has 0 aliphatic rings. The lowest BCUT2D eigenvalue weighted by atomic mass is 10.0. The Morgan fingerprint density at radius 2 is 1.65 bits per heavy atom. The first-order valence-electron chi connectivity index (χ1n) is 6.79. The van der Waals surface area contributed by atoms with Crippen LogP contribution in [0.2, 0.25) is 0 Å². The van der Waals surface area contributed by atoms with Crippen LogP contribution in [0.5, 0.6) is 5.75 Å². The second kappa shape index (κ2) is 6.06. The molecule has 0 fully saturated rings. The maximum absolute atomic E-state index is 13.7. The van der Waals surface area contributed by atoms with Gasteiger partial charge in [-0.05, 0) is 38.5 Å².